The molecule has 0 bridgehead atoms. The highest BCUT2D eigenvalue weighted by molar-refractivity contribution is 6.14. The van der Waals surface area contributed by atoms with Gasteiger partial charge in [-0.3, -0.25) is 0 Å². The molecule has 0 radical (unpaired) electrons. The average molecular weight is 758 g/mol. The smallest absolute Gasteiger partial charge is 0.164 e. The number of hydrogen-bond donors (Lipinski definition) is 0. The second-order valence-corrected chi connectivity index (χ2v) is 15.9. The van der Waals surface area contributed by atoms with Gasteiger partial charge in [-0.2, -0.15) is 0 Å². The van der Waals surface area contributed by atoms with E-state index in [0.29, 0.717) is 17.5 Å². The minimum atomic E-state index is -0.0491. The third-order valence-corrected chi connectivity index (χ3v) is 12.2. The van der Waals surface area contributed by atoms with Crippen molar-refractivity contribution in [2.45, 2.75) is 19.3 Å². The summed E-state index contributed by atoms with van der Waals surface area (Å²) in [6, 6.07) is 61.3. The van der Waals surface area contributed by atoms with Crippen molar-refractivity contribution < 1.29 is 8.83 Å². The van der Waals surface area contributed by atoms with E-state index in [1.54, 1.807) is 0 Å². The average Bonchev–Trinajstić information content (AvgIpc) is 3.94. The van der Waals surface area contributed by atoms with E-state index in [1.807, 2.05) is 48.5 Å². The normalized spacial score (nSPS) is 13.1. The summed E-state index contributed by atoms with van der Waals surface area (Å²) < 4.78 is 12.9. The van der Waals surface area contributed by atoms with E-state index in [2.05, 4.69) is 141 Å². The van der Waals surface area contributed by atoms with Crippen LogP contribution in [-0.2, 0) is 5.41 Å². The van der Waals surface area contributed by atoms with Crippen molar-refractivity contribution >= 4 is 43.9 Å². The number of rotatable bonds is 5. The van der Waals surface area contributed by atoms with Crippen molar-refractivity contribution in [3.8, 4) is 67.5 Å². The van der Waals surface area contributed by atoms with Crippen LogP contribution in [0.5, 0.6) is 0 Å². The predicted octanol–water partition coefficient (Wildman–Crippen LogP) is 14.3. The van der Waals surface area contributed by atoms with E-state index in [4.69, 9.17) is 23.8 Å². The molecule has 0 saturated carbocycles. The second kappa shape index (κ2) is 12.7. The molecule has 5 nitrogen and oxygen atoms in total. The summed E-state index contributed by atoms with van der Waals surface area (Å²) >= 11 is 0. The van der Waals surface area contributed by atoms with Crippen LogP contribution in [0, 0.1) is 0 Å². The van der Waals surface area contributed by atoms with Gasteiger partial charge in [0.2, 0.25) is 0 Å². The van der Waals surface area contributed by atoms with Gasteiger partial charge in [0, 0.05) is 43.7 Å². The van der Waals surface area contributed by atoms with Gasteiger partial charge >= 0.3 is 0 Å². The maximum Gasteiger partial charge on any atom is 0.164 e. The summed E-state index contributed by atoms with van der Waals surface area (Å²) in [6.45, 7) is 4.64. The second-order valence-electron chi connectivity index (χ2n) is 15.9. The molecular weight excluding hydrogens is 723 g/mol. The van der Waals surface area contributed by atoms with Crippen LogP contribution in [0.1, 0.15) is 25.0 Å². The number of fused-ring (bicyclic) bond motifs is 9. The van der Waals surface area contributed by atoms with Crippen LogP contribution < -0.4 is 0 Å². The van der Waals surface area contributed by atoms with Crippen LogP contribution >= 0.6 is 0 Å². The number of hydrogen-bond acceptors (Lipinski definition) is 5. The zero-order chi connectivity index (χ0) is 39.2. The molecule has 0 unspecified atom stereocenters. The fraction of sp³-hybridized carbons (Fsp3) is 0.0556. The lowest BCUT2D eigenvalue weighted by Gasteiger charge is -2.21. The van der Waals surface area contributed by atoms with Gasteiger partial charge in [-0.05, 0) is 80.9 Å². The van der Waals surface area contributed by atoms with Gasteiger partial charge < -0.3 is 8.83 Å². The highest BCUT2D eigenvalue weighted by Gasteiger charge is 2.35. The van der Waals surface area contributed by atoms with E-state index < -0.39 is 0 Å². The Labute approximate surface area is 340 Å². The van der Waals surface area contributed by atoms with Crippen molar-refractivity contribution in [1.29, 1.82) is 0 Å². The minimum Gasteiger partial charge on any atom is -0.456 e. The lowest BCUT2D eigenvalue weighted by atomic mass is 9.82. The number of furan rings is 2. The lowest BCUT2D eigenvalue weighted by molar-refractivity contribution is 0.660. The van der Waals surface area contributed by atoms with Gasteiger partial charge in [-0.15, -0.1) is 0 Å². The summed E-state index contributed by atoms with van der Waals surface area (Å²) in [5, 5.41) is 3.96. The topological polar surface area (TPSA) is 65.0 Å². The van der Waals surface area contributed by atoms with Gasteiger partial charge in [0.15, 0.2) is 17.5 Å². The molecule has 12 rings (SSSR count). The molecule has 0 N–H and O–H groups in total. The van der Waals surface area contributed by atoms with Crippen molar-refractivity contribution in [1.82, 2.24) is 15.0 Å². The summed E-state index contributed by atoms with van der Waals surface area (Å²) in [4.78, 5) is 15.7. The third-order valence-electron chi connectivity index (χ3n) is 12.2. The molecule has 0 aliphatic heterocycles. The van der Waals surface area contributed by atoms with Crippen LogP contribution in [0.4, 0.5) is 0 Å². The Balaban J connectivity index is 1.05. The molecule has 0 fully saturated rings. The van der Waals surface area contributed by atoms with Gasteiger partial charge in [0.1, 0.15) is 22.3 Å². The maximum atomic E-state index is 6.55. The first kappa shape index (κ1) is 33.5. The first-order chi connectivity index (χ1) is 29.0. The van der Waals surface area contributed by atoms with Gasteiger partial charge in [-0.1, -0.05) is 153 Å². The summed E-state index contributed by atoms with van der Waals surface area (Å²) in [7, 11) is 0. The van der Waals surface area contributed by atoms with Crippen LogP contribution in [-0.4, -0.2) is 15.0 Å². The Morgan fingerprint density at radius 1 is 0.339 bits per heavy atom. The third kappa shape index (κ3) is 5.21. The first-order valence-electron chi connectivity index (χ1n) is 20.0. The molecule has 11 aromatic rings. The molecule has 1 aliphatic carbocycles. The fourth-order valence-corrected chi connectivity index (χ4v) is 9.24. The zero-order valence-corrected chi connectivity index (χ0v) is 32.4. The van der Waals surface area contributed by atoms with Crippen molar-refractivity contribution in [2.75, 3.05) is 0 Å². The quantitative estimate of drug-likeness (QED) is 0.175. The van der Waals surface area contributed by atoms with Crippen molar-refractivity contribution in [3.63, 3.8) is 0 Å². The number of nitrogens with zero attached hydrogens (tertiary/aromatic N) is 3. The van der Waals surface area contributed by atoms with Crippen molar-refractivity contribution in [3.05, 3.63) is 187 Å². The molecular formula is C54H35N3O2. The minimum absolute atomic E-state index is 0.0491. The highest BCUT2D eigenvalue weighted by atomic mass is 16.3. The predicted molar refractivity (Wildman–Crippen MR) is 239 cm³/mol. The molecule has 5 heteroatoms. The molecule has 0 spiro atoms. The van der Waals surface area contributed by atoms with Crippen LogP contribution in [0.2, 0.25) is 0 Å². The molecule has 278 valence electrons. The lowest BCUT2D eigenvalue weighted by Crippen LogP contribution is -2.14. The van der Waals surface area contributed by atoms with Gasteiger partial charge in [0.25, 0.3) is 0 Å². The molecule has 0 amide bonds. The van der Waals surface area contributed by atoms with Gasteiger partial charge in [-0.25, -0.2) is 15.0 Å². The Morgan fingerprint density at radius 2 is 0.847 bits per heavy atom. The Kier molecular flexibility index (Phi) is 7.20. The first-order valence-corrected chi connectivity index (χ1v) is 20.0. The van der Waals surface area contributed by atoms with Gasteiger partial charge in [0.05, 0.1) is 0 Å². The molecule has 3 heterocycles. The van der Waals surface area contributed by atoms with Crippen LogP contribution in [0.3, 0.4) is 0 Å². The van der Waals surface area contributed by atoms with E-state index in [9.17, 15) is 0 Å². The Bertz CT molecular complexity index is 3470. The van der Waals surface area contributed by atoms with Crippen LogP contribution in [0.25, 0.3) is 111 Å². The largest absolute Gasteiger partial charge is 0.456 e. The number of benzene rings is 8. The molecule has 0 atom stereocenters. The SMILES string of the molecule is CC1(C)c2ccccc2-c2cc(-c3ccc4oc5cccc(-c6nc(-c7ccc(-c8ccccc8)cc7)nc(-c7cccc8oc9ccccc9c78)n6)c5c4c3)ccc21. The zero-order valence-electron chi connectivity index (χ0n) is 32.4. The number of aromatic nitrogens is 3. The van der Waals surface area contributed by atoms with Crippen molar-refractivity contribution in [2.24, 2.45) is 0 Å². The van der Waals surface area contributed by atoms with E-state index in [1.165, 1.54) is 22.3 Å². The Hall–Kier alpha value is -7.63. The summed E-state index contributed by atoms with van der Waals surface area (Å²) in [6.07, 6.45) is 0. The van der Waals surface area contributed by atoms with E-state index >= 15 is 0 Å². The Morgan fingerprint density at radius 3 is 1.61 bits per heavy atom. The number of para-hydroxylation sites is 1. The molecule has 1 aliphatic rings. The summed E-state index contributed by atoms with van der Waals surface area (Å²) in [5.74, 6) is 1.72. The summed E-state index contributed by atoms with van der Waals surface area (Å²) in [5.41, 5.74) is 15.7. The molecule has 8 aromatic carbocycles. The molecule has 3 aromatic heterocycles. The van der Waals surface area contributed by atoms with E-state index in [0.717, 1.165) is 82.8 Å². The fourth-order valence-electron chi connectivity index (χ4n) is 9.24. The molecule has 59 heavy (non-hydrogen) atoms. The monoisotopic (exact) mass is 757 g/mol. The highest BCUT2D eigenvalue weighted by Crippen LogP contribution is 2.50. The maximum absolute atomic E-state index is 6.55. The van der Waals surface area contributed by atoms with Crippen LogP contribution in [0.15, 0.2) is 185 Å². The standard InChI is InChI=1S/C54H35N3O2/c1-54(2)43-18-8-6-14-37(43)41-30-35(26-28-44(41)54)36-27-29-46-42(31-36)50-40(17-11-21-48(50)59-46)53-56-51(34-24-22-33(23-25-34)32-12-4-3-5-13-32)55-52(57-53)39-16-10-20-47-49(39)38-15-7-9-19-45(38)58-47/h3-31H,1-2H3. The van der Waals surface area contributed by atoms with E-state index in [-0.39, 0.29) is 5.41 Å². The molecule has 0 saturated heterocycles.